The molecular weight excluding hydrogens is 289 g/mol. The van der Waals surface area contributed by atoms with E-state index in [0.717, 1.165) is 5.69 Å². The van der Waals surface area contributed by atoms with Crippen molar-refractivity contribution in [2.75, 3.05) is 12.5 Å². The lowest BCUT2D eigenvalue weighted by atomic mass is 10.2. The molecule has 0 spiro atoms. The molecule has 21 heavy (non-hydrogen) atoms. The van der Waals surface area contributed by atoms with Gasteiger partial charge in [0.25, 0.3) is 0 Å². The Morgan fingerprint density at radius 2 is 2.14 bits per heavy atom. The summed E-state index contributed by atoms with van der Waals surface area (Å²) >= 11 is 5.56. The van der Waals surface area contributed by atoms with E-state index in [9.17, 15) is 4.39 Å². The summed E-state index contributed by atoms with van der Waals surface area (Å²) in [5.41, 5.74) is 1.63. The molecule has 2 aromatic rings. The van der Waals surface area contributed by atoms with Gasteiger partial charge in [0.05, 0.1) is 6.61 Å². The Morgan fingerprint density at radius 1 is 1.24 bits per heavy atom. The number of aromatic nitrogens is 1. The fraction of sp³-hybridized carbons (Fsp3) is 0.235. The van der Waals surface area contributed by atoms with Gasteiger partial charge < -0.3 is 4.74 Å². The summed E-state index contributed by atoms with van der Waals surface area (Å²) in [5.74, 6) is 6.15. The van der Waals surface area contributed by atoms with Crippen LogP contribution in [0.15, 0.2) is 42.6 Å². The molecule has 0 N–H and O–H groups in total. The zero-order valence-corrected chi connectivity index (χ0v) is 12.2. The van der Waals surface area contributed by atoms with Gasteiger partial charge >= 0.3 is 0 Å². The number of nitrogens with zero attached hydrogens (tertiary/aromatic N) is 1. The zero-order valence-electron chi connectivity index (χ0n) is 11.5. The van der Waals surface area contributed by atoms with Crippen LogP contribution in [0.5, 0.6) is 5.75 Å². The van der Waals surface area contributed by atoms with Gasteiger partial charge in [0.1, 0.15) is 0 Å². The summed E-state index contributed by atoms with van der Waals surface area (Å²) in [7, 11) is 0. The van der Waals surface area contributed by atoms with Crippen LogP contribution in [-0.2, 0) is 6.42 Å². The SMILES string of the molecule is Fc1ccc(C#CCCCl)cc1OCCc1ccccn1. The van der Waals surface area contributed by atoms with Gasteiger partial charge in [-0.2, -0.15) is 0 Å². The average Bonchev–Trinajstić information content (AvgIpc) is 2.51. The van der Waals surface area contributed by atoms with Crippen molar-refractivity contribution >= 4 is 11.6 Å². The van der Waals surface area contributed by atoms with Crippen molar-refractivity contribution in [3.05, 3.63) is 59.7 Å². The van der Waals surface area contributed by atoms with Gasteiger partial charge in [0.2, 0.25) is 0 Å². The molecule has 2 rings (SSSR count). The van der Waals surface area contributed by atoms with Gasteiger partial charge in [-0.1, -0.05) is 17.9 Å². The summed E-state index contributed by atoms with van der Waals surface area (Å²) in [6, 6.07) is 10.3. The van der Waals surface area contributed by atoms with Crippen LogP contribution < -0.4 is 4.74 Å². The molecule has 0 saturated carbocycles. The molecular formula is C17H15ClFNO. The van der Waals surface area contributed by atoms with Crippen molar-refractivity contribution in [2.24, 2.45) is 0 Å². The number of pyridine rings is 1. The van der Waals surface area contributed by atoms with Crippen LogP contribution in [0.2, 0.25) is 0 Å². The van der Waals surface area contributed by atoms with Crippen molar-refractivity contribution in [3.8, 4) is 17.6 Å². The normalized spacial score (nSPS) is 9.81. The molecule has 0 fully saturated rings. The van der Waals surface area contributed by atoms with E-state index in [1.807, 2.05) is 18.2 Å². The van der Waals surface area contributed by atoms with E-state index in [-0.39, 0.29) is 11.6 Å². The maximum Gasteiger partial charge on any atom is 0.165 e. The lowest BCUT2D eigenvalue weighted by molar-refractivity contribution is 0.304. The van der Waals surface area contributed by atoms with E-state index >= 15 is 0 Å². The van der Waals surface area contributed by atoms with Crippen LogP contribution in [0.25, 0.3) is 0 Å². The molecule has 1 heterocycles. The van der Waals surface area contributed by atoms with Gasteiger partial charge in [-0.25, -0.2) is 4.39 Å². The first-order valence-electron chi connectivity index (χ1n) is 6.66. The second kappa shape index (κ2) is 8.28. The Hall–Kier alpha value is -2.05. The van der Waals surface area contributed by atoms with E-state index < -0.39 is 0 Å². The predicted octanol–water partition coefficient (Wildman–Crippen LogP) is 3.82. The molecule has 1 aromatic heterocycles. The van der Waals surface area contributed by atoms with Crippen molar-refractivity contribution in [1.29, 1.82) is 0 Å². The third-order valence-corrected chi connectivity index (χ3v) is 2.91. The Bertz CT molecular complexity index is 634. The fourth-order valence-electron chi connectivity index (χ4n) is 1.72. The molecule has 0 aliphatic heterocycles. The highest BCUT2D eigenvalue weighted by molar-refractivity contribution is 6.18. The second-order valence-electron chi connectivity index (χ2n) is 4.31. The van der Waals surface area contributed by atoms with Gasteiger partial charge in [-0.3, -0.25) is 4.98 Å². The van der Waals surface area contributed by atoms with Crippen molar-refractivity contribution in [2.45, 2.75) is 12.8 Å². The lowest BCUT2D eigenvalue weighted by Gasteiger charge is -2.07. The third-order valence-electron chi connectivity index (χ3n) is 2.73. The Labute approximate surface area is 128 Å². The number of alkyl halides is 1. The number of hydrogen-bond acceptors (Lipinski definition) is 2. The smallest absolute Gasteiger partial charge is 0.165 e. The third kappa shape index (κ3) is 5.09. The first-order chi connectivity index (χ1) is 10.3. The molecule has 0 aliphatic carbocycles. The van der Waals surface area contributed by atoms with Crippen molar-refractivity contribution in [3.63, 3.8) is 0 Å². The number of ether oxygens (including phenoxy) is 1. The van der Waals surface area contributed by atoms with Crippen LogP contribution in [0.3, 0.4) is 0 Å². The highest BCUT2D eigenvalue weighted by atomic mass is 35.5. The van der Waals surface area contributed by atoms with Crippen LogP contribution >= 0.6 is 11.6 Å². The summed E-state index contributed by atoms with van der Waals surface area (Å²) in [5, 5.41) is 0. The predicted molar refractivity (Wildman–Crippen MR) is 82.1 cm³/mol. The van der Waals surface area contributed by atoms with Crippen LogP contribution in [0.1, 0.15) is 17.7 Å². The van der Waals surface area contributed by atoms with Gasteiger partial charge in [0, 0.05) is 36.2 Å². The highest BCUT2D eigenvalue weighted by Gasteiger charge is 2.04. The molecule has 4 heteroatoms. The van der Waals surface area contributed by atoms with Crippen LogP contribution in [-0.4, -0.2) is 17.5 Å². The van der Waals surface area contributed by atoms with Crippen LogP contribution in [0.4, 0.5) is 4.39 Å². The summed E-state index contributed by atoms with van der Waals surface area (Å²) < 4.78 is 19.2. The number of benzene rings is 1. The maximum absolute atomic E-state index is 13.7. The molecule has 0 saturated heterocycles. The molecule has 0 aliphatic rings. The maximum atomic E-state index is 13.7. The first-order valence-corrected chi connectivity index (χ1v) is 7.20. The average molecular weight is 304 g/mol. The molecule has 0 amide bonds. The van der Waals surface area contributed by atoms with Gasteiger partial charge in [-0.15, -0.1) is 11.6 Å². The standard InChI is InChI=1S/C17H15ClFNO/c18-10-3-1-5-14-7-8-16(19)17(13-14)21-12-9-15-6-2-4-11-20-15/h2,4,6-8,11,13H,3,9-10,12H2. The monoisotopic (exact) mass is 303 g/mol. The summed E-state index contributed by atoms with van der Waals surface area (Å²) in [4.78, 5) is 4.19. The minimum atomic E-state index is -0.390. The first kappa shape index (κ1) is 15.3. The van der Waals surface area contributed by atoms with Crippen LogP contribution in [0, 0.1) is 17.7 Å². The van der Waals surface area contributed by atoms with Crippen molar-refractivity contribution < 1.29 is 9.13 Å². The minimum Gasteiger partial charge on any atom is -0.490 e. The van der Waals surface area contributed by atoms with E-state index in [2.05, 4.69) is 16.8 Å². The molecule has 1 aromatic carbocycles. The Balaban J connectivity index is 1.96. The Kier molecular flexibility index (Phi) is 6.05. The topological polar surface area (TPSA) is 22.1 Å². The molecule has 0 unspecified atom stereocenters. The zero-order chi connectivity index (χ0) is 14.9. The van der Waals surface area contributed by atoms with Gasteiger partial charge in [-0.05, 0) is 30.3 Å². The fourth-order valence-corrected chi connectivity index (χ4v) is 1.81. The second-order valence-corrected chi connectivity index (χ2v) is 4.68. The summed E-state index contributed by atoms with van der Waals surface area (Å²) in [6.07, 6.45) is 2.96. The largest absolute Gasteiger partial charge is 0.490 e. The molecule has 2 nitrogen and oxygen atoms in total. The number of halogens is 2. The van der Waals surface area contributed by atoms with Crippen molar-refractivity contribution in [1.82, 2.24) is 4.98 Å². The highest BCUT2D eigenvalue weighted by Crippen LogP contribution is 2.18. The molecule has 0 bridgehead atoms. The van der Waals surface area contributed by atoms with E-state index in [1.165, 1.54) is 6.07 Å². The van der Waals surface area contributed by atoms with Gasteiger partial charge in [0.15, 0.2) is 11.6 Å². The summed E-state index contributed by atoms with van der Waals surface area (Å²) in [6.45, 7) is 0.368. The quantitative estimate of drug-likeness (QED) is 0.619. The lowest BCUT2D eigenvalue weighted by Crippen LogP contribution is -2.04. The number of hydrogen-bond donors (Lipinski definition) is 0. The molecule has 0 radical (unpaired) electrons. The number of rotatable bonds is 5. The Morgan fingerprint density at radius 3 is 2.90 bits per heavy atom. The minimum absolute atomic E-state index is 0.212. The van der Waals surface area contributed by atoms with E-state index in [0.29, 0.717) is 30.9 Å². The van der Waals surface area contributed by atoms with E-state index in [1.54, 1.807) is 18.3 Å². The van der Waals surface area contributed by atoms with E-state index in [4.69, 9.17) is 16.3 Å². The molecule has 108 valence electrons. The molecule has 0 atom stereocenters.